The minimum atomic E-state index is 0.313. The molecule has 16 heavy (non-hydrogen) atoms. The van der Waals surface area contributed by atoms with Crippen molar-refractivity contribution in [1.29, 1.82) is 0 Å². The van der Waals surface area contributed by atoms with Gasteiger partial charge >= 0.3 is 0 Å². The highest BCUT2D eigenvalue weighted by Crippen LogP contribution is 2.22. The quantitative estimate of drug-likeness (QED) is 0.822. The van der Waals surface area contributed by atoms with Crippen molar-refractivity contribution in [3.8, 4) is 0 Å². The second-order valence-corrected chi connectivity index (χ2v) is 4.45. The van der Waals surface area contributed by atoms with Crippen LogP contribution in [0.15, 0.2) is 24.4 Å². The molecule has 0 saturated carbocycles. The van der Waals surface area contributed by atoms with E-state index in [0.717, 1.165) is 25.1 Å². The number of nitrogens with zero attached hydrogens (tertiary/aromatic N) is 2. The van der Waals surface area contributed by atoms with Crippen LogP contribution < -0.4 is 0 Å². The van der Waals surface area contributed by atoms with E-state index >= 15 is 0 Å². The minimum absolute atomic E-state index is 0.313. The van der Waals surface area contributed by atoms with Crippen molar-refractivity contribution in [2.24, 2.45) is 0 Å². The molecule has 1 atom stereocenters. The van der Waals surface area contributed by atoms with Gasteiger partial charge in [-0.05, 0) is 44.4 Å². The average molecular weight is 220 g/mol. The van der Waals surface area contributed by atoms with Crippen LogP contribution in [0.1, 0.15) is 31.4 Å². The van der Waals surface area contributed by atoms with Crippen LogP contribution in [0.4, 0.5) is 0 Å². The first-order valence-corrected chi connectivity index (χ1v) is 6.15. The van der Waals surface area contributed by atoms with E-state index in [1.54, 1.807) is 0 Å². The van der Waals surface area contributed by atoms with Crippen LogP contribution in [-0.4, -0.2) is 34.2 Å². The molecule has 1 unspecified atom stereocenters. The zero-order chi connectivity index (χ0) is 11.2. The summed E-state index contributed by atoms with van der Waals surface area (Å²) >= 11 is 0. The smallest absolute Gasteiger partial charge is 0.0544 e. The lowest BCUT2D eigenvalue weighted by molar-refractivity contribution is 0.208. The number of rotatable bonds is 5. The normalized spacial score (nSPS) is 21.4. The Morgan fingerprint density at radius 2 is 2.38 bits per heavy atom. The molecule has 1 fully saturated rings. The molecule has 0 amide bonds. The van der Waals surface area contributed by atoms with Crippen molar-refractivity contribution in [3.05, 3.63) is 30.1 Å². The van der Waals surface area contributed by atoms with E-state index in [4.69, 9.17) is 5.11 Å². The van der Waals surface area contributed by atoms with Crippen LogP contribution in [0.25, 0.3) is 0 Å². The molecular weight excluding hydrogens is 200 g/mol. The van der Waals surface area contributed by atoms with Gasteiger partial charge in [0, 0.05) is 25.4 Å². The monoisotopic (exact) mass is 220 g/mol. The van der Waals surface area contributed by atoms with E-state index < -0.39 is 0 Å². The lowest BCUT2D eigenvalue weighted by atomic mass is 10.1. The Labute approximate surface area is 97.1 Å². The molecule has 1 N–H and O–H groups in total. The molecule has 0 bridgehead atoms. The predicted molar refractivity (Wildman–Crippen MR) is 64.0 cm³/mol. The summed E-state index contributed by atoms with van der Waals surface area (Å²) in [6.45, 7) is 2.44. The summed E-state index contributed by atoms with van der Waals surface area (Å²) in [7, 11) is 0. The van der Waals surface area contributed by atoms with Gasteiger partial charge < -0.3 is 5.11 Å². The molecule has 3 heteroatoms. The Bertz CT molecular complexity index is 302. The molecule has 0 aromatic carbocycles. The molecule has 0 radical (unpaired) electrons. The van der Waals surface area contributed by atoms with Crippen LogP contribution in [-0.2, 0) is 6.54 Å². The van der Waals surface area contributed by atoms with Gasteiger partial charge in [0.25, 0.3) is 0 Å². The van der Waals surface area contributed by atoms with Gasteiger partial charge in [-0.25, -0.2) is 0 Å². The summed E-state index contributed by atoms with van der Waals surface area (Å²) < 4.78 is 0. The molecule has 1 aromatic rings. The first-order valence-electron chi connectivity index (χ1n) is 6.15. The van der Waals surface area contributed by atoms with E-state index in [9.17, 15) is 0 Å². The van der Waals surface area contributed by atoms with E-state index in [1.807, 2.05) is 18.3 Å². The van der Waals surface area contributed by atoms with Gasteiger partial charge in [0.2, 0.25) is 0 Å². The van der Waals surface area contributed by atoms with E-state index in [0.29, 0.717) is 12.6 Å². The van der Waals surface area contributed by atoms with Crippen molar-refractivity contribution >= 4 is 0 Å². The molecule has 0 spiro atoms. The van der Waals surface area contributed by atoms with Gasteiger partial charge in [-0.15, -0.1) is 0 Å². The highest BCUT2D eigenvalue weighted by molar-refractivity contribution is 5.04. The SMILES string of the molecule is OCCCC1CCCN1Cc1ccccn1. The summed E-state index contributed by atoms with van der Waals surface area (Å²) in [5.74, 6) is 0. The lowest BCUT2D eigenvalue weighted by Crippen LogP contribution is -2.29. The first kappa shape index (κ1) is 11.6. The Morgan fingerprint density at radius 1 is 1.44 bits per heavy atom. The third-order valence-corrected chi connectivity index (χ3v) is 3.29. The van der Waals surface area contributed by atoms with Gasteiger partial charge in [-0.2, -0.15) is 0 Å². The molecule has 2 heterocycles. The minimum Gasteiger partial charge on any atom is -0.396 e. The van der Waals surface area contributed by atoms with Crippen LogP contribution in [0.3, 0.4) is 0 Å². The van der Waals surface area contributed by atoms with Crippen molar-refractivity contribution in [1.82, 2.24) is 9.88 Å². The molecular formula is C13H20N2O. The van der Waals surface area contributed by atoms with E-state index in [-0.39, 0.29) is 0 Å². The fourth-order valence-corrected chi connectivity index (χ4v) is 2.46. The number of aromatic nitrogens is 1. The van der Waals surface area contributed by atoms with E-state index in [2.05, 4.69) is 16.0 Å². The maximum atomic E-state index is 8.87. The van der Waals surface area contributed by atoms with Gasteiger partial charge in [-0.3, -0.25) is 9.88 Å². The van der Waals surface area contributed by atoms with Crippen LogP contribution in [0.2, 0.25) is 0 Å². The zero-order valence-electron chi connectivity index (χ0n) is 9.68. The topological polar surface area (TPSA) is 36.4 Å². The summed E-state index contributed by atoms with van der Waals surface area (Å²) in [5, 5.41) is 8.87. The Morgan fingerprint density at radius 3 is 3.12 bits per heavy atom. The Kier molecular flexibility index (Phi) is 4.31. The third kappa shape index (κ3) is 3.03. The highest BCUT2D eigenvalue weighted by atomic mass is 16.2. The zero-order valence-corrected chi connectivity index (χ0v) is 9.68. The van der Waals surface area contributed by atoms with Gasteiger partial charge in [0.1, 0.15) is 0 Å². The number of pyridine rings is 1. The van der Waals surface area contributed by atoms with Crippen LogP contribution in [0, 0.1) is 0 Å². The van der Waals surface area contributed by atoms with Crippen LogP contribution >= 0.6 is 0 Å². The number of aliphatic hydroxyl groups is 1. The van der Waals surface area contributed by atoms with Crippen molar-refractivity contribution in [3.63, 3.8) is 0 Å². The second-order valence-electron chi connectivity index (χ2n) is 4.45. The van der Waals surface area contributed by atoms with Crippen molar-refractivity contribution in [2.75, 3.05) is 13.2 Å². The molecule has 1 aromatic heterocycles. The number of aliphatic hydroxyl groups excluding tert-OH is 1. The van der Waals surface area contributed by atoms with Gasteiger partial charge in [0.15, 0.2) is 0 Å². The van der Waals surface area contributed by atoms with Crippen molar-refractivity contribution < 1.29 is 5.11 Å². The number of likely N-dealkylation sites (tertiary alicyclic amines) is 1. The molecule has 0 aliphatic carbocycles. The lowest BCUT2D eigenvalue weighted by Gasteiger charge is -2.23. The average Bonchev–Trinajstić information content (AvgIpc) is 2.75. The molecule has 1 saturated heterocycles. The third-order valence-electron chi connectivity index (χ3n) is 3.29. The second kappa shape index (κ2) is 5.97. The fourth-order valence-electron chi connectivity index (χ4n) is 2.46. The molecule has 3 nitrogen and oxygen atoms in total. The molecule has 2 rings (SSSR count). The summed E-state index contributed by atoms with van der Waals surface area (Å²) in [6, 6.07) is 6.73. The Hall–Kier alpha value is -0.930. The summed E-state index contributed by atoms with van der Waals surface area (Å²) in [4.78, 5) is 6.86. The number of hydrogen-bond acceptors (Lipinski definition) is 3. The van der Waals surface area contributed by atoms with Crippen LogP contribution in [0.5, 0.6) is 0 Å². The van der Waals surface area contributed by atoms with E-state index in [1.165, 1.54) is 19.4 Å². The van der Waals surface area contributed by atoms with Crippen molar-refractivity contribution in [2.45, 2.75) is 38.3 Å². The Balaban J connectivity index is 1.88. The maximum Gasteiger partial charge on any atom is 0.0544 e. The molecule has 88 valence electrons. The summed E-state index contributed by atoms with van der Waals surface area (Å²) in [5.41, 5.74) is 1.15. The maximum absolute atomic E-state index is 8.87. The predicted octanol–water partition coefficient (Wildman–Crippen LogP) is 1.82. The number of hydrogen-bond donors (Lipinski definition) is 1. The first-order chi connectivity index (χ1) is 7.90. The van der Waals surface area contributed by atoms with Gasteiger partial charge in [0.05, 0.1) is 5.69 Å². The molecule has 1 aliphatic heterocycles. The largest absolute Gasteiger partial charge is 0.396 e. The highest BCUT2D eigenvalue weighted by Gasteiger charge is 2.23. The summed E-state index contributed by atoms with van der Waals surface area (Å²) in [6.07, 6.45) is 6.44. The standard InChI is InChI=1S/C13H20N2O/c16-10-4-7-13-6-3-9-15(13)11-12-5-1-2-8-14-12/h1-2,5,8,13,16H,3-4,6-7,9-11H2. The van der Waals surface area contributed by atoms with Gasteiger partial charge in [-0.1, -0.05) is 6.07 Å². The fraction of sp³-hybridized carbons (Fsp3) is 0.615. The molecule has 1 aliphatic rings.